The average Bonchev–Trinajstić information content (AvgIpc) is 2.58. The van der Waals surface area contributed by atoms with Crippen molar-refractivity contribution in [3.8, 4) is 0 Å². The SMILES string of the molecule is C=CCN1c2ccccc2CCc2ccc(Cl)cc21. The van der Waals surface area contributed by atoms with Crippen LogP contribution < -0.4 is 4.90 Å². The van der Waals surface area contributed by atoms with Gasteiger partial charge in [0.2, 0.25) is 0 Å². The van der Waals surface area contributed by atoms with Crippen molar-refractivity contribution < 1.29 is 0 Å². The molecule has 2 aromatic carbocycles. The quantitative estimate of drug-likeness (QED) is 0.711. The number of halogens is 1. The molecule has 0 saturated heterocycles. The van der Waals surface area contributed by atoms with Crippen LogP contribution in [-0.2, 0) is 12.8 Å². The molecule has 2 aromatic rings. The Morgan fingerprint density at radius 3 is 2.58 bits per heavy atom. The van der Waals surface area contributed by atoms with Gasteiger partial charge in [-0.05, 0) is 42.2 Å². The molecule has 0 radical (unpaired) electrons. The molecule has 1 nitrogen and oxygen atoms in total. The fourth-order valence-electron chi connectivity index (χ4n) is 2.71. The van der Waals surface area contributed by atoms with E-state index in [0.717, 1.165) is 24.4 Å². The predicted octanol–water partition coefficient (Wildman–Crippen LogP) is 4.76. The Hall–Kier alpha value is -1.73. The van der Waals surface area contributed by atoms with Crippen molar-refractivity contribution in [1.82, 2.24) is 0 Å². The second kappa shape index (κ2) is 5.10. The molecule has 0 spiro atoms. The Bertz CT molecular complexity index is 618. The van der Waals surface area contributed by atoms with Crippen molar-refractivity contribution in [2.45, 2.75) is 12.8 Å². The van der Waals surface area contributed by atoms with E-state index in [4.69, 9.17) is 11.6 Å². The number of hydrogen-bond acceptors (Lipinski definition) is 1. The van der Waals surface area contributed by atoms with Crippen LogP contribution in [0.15, 0.2) is 55.1 Å². The normalized spacial score (nSPS) is 13.4. The monoisotopic (exact) mass is 269 g/mol. The minimum atomic E-state index is 0.784. The van der Waals surface area contributed by atoms with Gasteiger partial charge in [0, 0.05) is 22.9 Å². The summed E-state index contributed by atoms with van der Waals surface area (Å²) in [7, 11) is 0. The van der Waals surface area contributed by atoms with Crippen molar-refractivity contribution in [3.05, 3.63) is 71.3 Å². The van der Waals surface area contributed by atoms with Crippen molar-refractivity contribution in [2.24, 2.45) is 0 Å². The maximum atomic E-state index is 6.17. The van der Waals surface area contributed by atoms with Gasteiger partial charge in [0.25, 0.3) is 0 Å². The molecule has 0 aliphatic carbocycles. The van der Waals surface area contributed by atoms with Gasteiger partial charge in [-0.2, -0.15) is 0 Å². The lowest BCUT2D eigenvalue weighted by molar-refractivity contribution is 0.977. The van der Waals surface area contributed by atoms with Crippen LogP contribution in [0.25, 0.3) is 0 Å². The van der Waals surface area contributed by atoms with E-state index in [1.165, 1.54) is 22.5 Å². The molecule has 1 aliphatic heterocycles. The summed E-state index contributed by atoms with van der Waals surface area (Å²) < 4.78 is 0. The summed E-state index contributed by atoms with van der Waals surface area (Å²) in [6, 6.07) is 14.7. The third kappa shape index (κ3) is 2.26. The fraction of sp³-hybridized carbons (Fsp3) is 0.176. The molecule has 0 fully saturated rings. The van der Waals surface area contributed by atoms with E-state index in [-0.39, 0.29) is 0 Å². The van der Waals surface area contributed by atoms with Gasteiger partial charge in [-0.25, -0.2) is 0 Å². The Morgan fingerprint density at radius 1 is 1.05 bits per heavy atom. The summed E-state index contributed by atoms with van der Waals surface area (Å²) in [5, 5.41) is 0.784. The molecule has 0 atom stereocenters. The first-order valence-corrected chi connectivity index (χ1v) is 6.92. The van der Waals surface area contributed by atoms with E-state index in [2.05, 4.69) is 47.9 Å². The molecule has 0 saturated carbocycles. The molecule has 0 aromatic heterocycles. The maximum Gasteiger partial charge on any atom is 0.0461 e. The number of rotatable bonds is 2. The number of nitrogens with zero attached hydrogens (tertiary/aromatic N) is 1. The first-order valence-electron chi connectivity index (χ1n) is 6.54. The molecule has 0 N–H and O–H groups in total. The number of hydrogen-bond donors (Lipinski definition) is 0. The second-order valence-electron chi connectivity index (χ2n) is 4.80. The molecule has 1 heterocycles. The van der Waals surface area contributed by atoms with E-state index < -0.39 is 0 Å². The predicted molar refractivity (Wildman–Crippen MR) is 82.5 cm³/mol. The van der Waals surface area contributed by atoms with Crippen molar-refractivity contribution >= 4 is 23.0 Å². The third-order valence-electron chi connectivity index (χ3n) is 3.60. The summed E-state index contributed by atoms with van der Waals surface area (Å²) in [4.78, 5) is 2.30. The summed E-state index contributed by atoms with van der Waals surface area (Å²) in [6.45, 7) is 4.67. The summed E-state index contributed by atoms with van der Waals surface area (Å²) in [6.07, 6.45) is 4.06. The van der Waals surface area contributed by atoms with Gasteiger partial charge in [0.1, 0.15) is 0 Å². The van der Waals surface area contributed by atoms with Gasteiger partial charge in [0.05, 0.1) is 0 Å². The highest BCUT2D eigenvalue weighted by molar-refractivity contribution is 6.30. The third-order valence-corrected chi connectivity index (χ3v) is 3.83. The van der Waals surface area contributed by atoms with Crippen LogP contribution >= 0.6 is 11.6 Å². The number of aryl methyl sites for hydroxylation is 2. The van der Waals surface area contributed by atoms with Crippen LogP contribution in [0.5, 0.6) is 0 Å². The number of anilines is 2. The van der Waals surface area contributed by atoms with Crippen LogP contribution in [0, 0.1) is 0 Å². The highest BCUT2D eigenvalue weighted by Gasteiger charge is 2.19. The average molecular weight is 270 g/mol. The van der Waals surface area contributed by atoms with E-state index >= 15 is 0 Å². The Morgan fingerprint density at radius 2 is 1.79 bits per heavy atom. The first kappa shape index (κ1) is 12.3. The smallest absolute Gasteiger partial charge is 0.0461 e. The number of fused-ring (bicyclic) bond motifs is 2. The Balaban J connectivity index is 2.19. The topological polar surface area (TPSA) is 3.24 Å². The largest absolute Gasteiger partial charge is 0.337 e. The molecular weight excluding hydrogens is 254 g/mol. The zero-order valence-corrected chi connectivity index (χ0v) is 11.5. The molecule has 2 heteroatoms. The van der Waals surface area contributed by atoms with Crippen LogP contribution in [0.4, 0.5) is 11.4 Å². The summed E-state index contributed by atoms with van der Waals surface area (Å²) in [5.74, 6) is 0. The standard InChI is InChI=1S/C17H16ClN/c1-2-11-19-16-6-4-3-5-13(16)7-8-14-9-10-15(18)12-17(14)19/h2-6,9-10,12H,1,7-8,11H2. The van der Waals surface area contributed by atoms with E-state index in [1.54, 1.807) is 0 Å². The molecule has 0 bridgehead atoms. The highest BCUT2D eigenvalue weighted by atomic mass is 35.5. The van der Waals surface area contributed by atoms with Gasteiger partial charge in [-0.3, -0.25) is 0 Å². The van der Waals surface area contributed by atoms with E-state index in [1.807, 2.05) is 12.1 Å². The number of para-hydroxylation sites is 1. The molecule has 0 amide bonds. The minimum absolute atomic E-state index is 0.784. The van der Waals surface area contributed by atoms with Crippen molar-refractivity contribution in [3.63, 3.8) is 0 Å². The van der Waals surface area contributed by atoms with E-state index in [9.17, 15) is 0 Å². The molecular formula is C17H16ClN. The van der Waals surface area contributed by atoms with Crippen LogP contribution in [0.2, 0.25) is 5.02 Å². The first-order chi connectivity index (χ1) is 9.29. The maximum absolute atomic E-state index is 6.17. The second-order valence-corrected chi connectivity index (χ2v) is 5.24. The van der Waals surface area contributed by atoms with Crippen molar-refractivity contribution in [2.75, 3.05) is 11.4 Å². The fourth-order valence-corrected chi connectivity index (χ4v) is 2.88. The minimum Gasteiger partial charge on any atom is -0.337 e. The molecule has 3 rings (SSSR count). The molecule has 0 unspecified atom stereocenters. The Labute approximate surface area is 119 Å². The lowest BCUT2D eigenvalue weighted by Crippen LogP contribution is -2.18. The van der Waals surface area contributed by atoms with Gasteiger partial charge in [0.15, 0.2) is 0 Å². The van der Waals surface area contributed by atoms with Crippen LogP contribution in [0.1, 0.15) is 11.1 Å². The Kier molecular flexibility index (Phi) is 3.31. The lowest BCUT2D eigenvalue weighted by Gasteiger charge is -2.25. The number of benzene rings is 2. The van der Waals surface area contributed by atoms with Gasteiger partial charge < -0.3 is 4.90 Å². The van der Waals surface area contributed by atoms with Crippen LogP contribution in [0.3, 0.4) is 0 Å². The molecule has 1 aliphatic rings. The molecule has 96 valence electrons. The summed E-state index contributed by atoms with van der Waals surface area (Å²) >= 11 is 6.17. The van der Waals surface area contributed by atoms with Gasteiger partial charge in [-0.15, -0.1) is 6.58 Å². The van der Waals surface area contributed by atoms with Crippen LogP contribution in [-0.4, -0.2) is 6.54 Å². The lowest BCUT2D eigenvalue weighted by atomic mass is 10.0. The summed E-state index contributed by atoms with van der Waals surface area (Å²) in [5.41, 5.74) is 5.21. The zero-order chi connectivity index (χ0) is 13.2. The molecule has 19 heavy (non-hydrogen) atoms. The van der Waals surface area contributed by atoms with Crippen molar-refractivity contribution in [1.29, 1.82) is 0 Å². The zero-order valence-electron chi connectivity index (χ0n) is 10.8. The highest BCUT2D eigenvalue weighted by Crippen LogP contribution is 2.37. The van der Waals surface area contributed by atoms with E-state index in [0.29, 0.717) is 0 Å². The van der Waals surface area contributed by atoms with Gasteiger partial charge in [-0.1, -0.05) is 41.9 Å². The van der Waals surface area contributed by atoms with Gasteiger partial charge >= 0.3 is 0 Å².